The molecule has 0 unspecified atom stereocenters. The first kappa shape index (κ1) is 15.5. The second-order valence-electron chi connectivity index (χ2n) is 4.36. The van der Waals surface area contributed by atoms with E-state index in [2.05, 4.69) is 4.72 Å². The molecule has 0 aliphatic rings. The first-order chi connectivity index (χ1) is 8.83. The summed E-state index contributed by atoms with van der Waals surface area (Å²) in [5, 5.41) is 0. The Morgan fingerprint density at radius 3 is 2.58 bits per heavy atom. The second-order valence-corrected chi connectivity index (χ2v) is 6.10. The minimum atomic E-state index is -3.60. The standard InChI is InChI=1S/C12H19N3O3S/c1-9-5-6-11(10(13)8-9)19(17,18)15-7-3-2-4-12(14)16/h5-6,8,15H,2-4,7,13H2,1H3,(H2,14,16). The molecule has 0 fully saturated rings. The van der Waals surface area contributed by atoms with E-state index in [9.17, 15) is 13.2 Å². The normalized spacial score (nSPS) is 11.4. The number of hydrogen-bond acceptors (Lipinski definition) is 4. The molecule has 19 heavy (non-hydrogen) atoms. The van der Waals surface area contributed by atoms with Gasteiger partial charge in [0.1, 0.15) is 4.90 Å². The summed E-state index contributed by atoms with van der Waals surface area (Å²) in [6.45, 7) is 2.09. The highest BCUT2D eigenvalue weighted by atomic mass is 32.2. The number of amides is 1. The molecule has 1 amide bonds. The van der Waals surface area contributed by atoms with E-state index in [0.717, 1.165) is 5.56 Å². The van der Waals surface area contributed by atoms with Crippen LogP contribution in [0.4, 0.5) is 5.69 Å². The summed E-state index contributed by atoms with van der Waals surface area (Å²) in [6, 6.07) is 4.79. The molecule has 1 aromatic rings. The van der Waals surface area contributed by atoms with Crippen molar-refractivity contribution in [1.82, 2.24) is 4.72 Å². The van der Waals surface area contributed by atoms with Crippen molar-refractivity contribution in [3.05, 3.63) is 23.8 Å². The lowest BCUT2D eigenvalue weighted by Gasteiger charge is -2.09. The van der Waals surface area contributed by atoms with E-state index in [1.54, 1.807) is 12.1 Å². The van der Waals surface area contributed by atoms with Crippen molar-refractivity contribution in [3.8, 4) is 0 Å². The number of aryl methyl sites for hydroxylation is 1. The number of carbonyl (C=O) groups excluding carboxylic acids is 1. The molecular weight excluding hydrogens is 266 g/mol. The van der Waals surface area contributed by atoms with Gasteiger partial charge < -0.3 is 11.5 Å². The fourth-order valence-corrected chi connectivity index (χ4v) is 2.81. The fraction of sp³-hybridized carbons (Fsp3) is 0.417. The lowest BCUT2D eigenvalue weighted by atomic mass is 10.2. The van der Waals surface area contributed by atoms with E-state index >= 15 is 0 Å². The molecule has 0 spiro atoms. The Labute approximate surface area is 113 Å². The Morgan fingerprint density at radius 1 is 1.32 bits per heavy atom. The maximum absolute atomic E-state index is 12.0. The Bertz CT molecular complexity index is 555. The van der Waals surface area contributed by atoms with E-state index < -0.39 is 10.0 Å². The summed E-state index contributed by atoms with van der Waals surface area (Å²) in [6.07, 6.45) is 1.36. The van der Waals surface area contributed by atoms with Crippen LogP contribution in [0.3, 0.4) is 0 Å². The maximum atomic E-state index is 12.0. The zero-order valence-corrected chi connectivity index (χ0v) is 11.7. The Balaban J connectivity index is 2.59. The third-order valence-corrected chi connectivity index (χ3v) is 4.13. The van der Waals surface area contributed by atoms with Crippen molar-refractivity contribution >= 4 is 21.6 Å². The summed E-state index contributed by atoms with van der Waals surface area (Å²) in [5.74, 6) is -0.384. The van der Waals surface area contributed by atoms with Crippen LogP contribution in [0.25, 0.3) is 0 Å². The van der Waals surface area contributed by atoms with Gasteiger partial charge in [-0.3, -0.25) is 4.79 Å². The molecule has 6 nitrogen and oxygen atoms in total. The number of unbranched alkanes of at least 4 members (excludes halogenated alkanes) is 1. The monoisotopic (exact) mass is 285 g/mol. The molecule has 0 saturated carbocycles. The van der Waals surface area contributed by atoms with Crippen LogP contribution in [0.15, 0.2) is 23.1 Å². The van der Waals surface area contributed by atoms with Crippen LogP contribution in [-0.2, 0) is 14.8 Å². The van der Waals surface area contributed by atoms with Crippen molar-refractivity contribution in [2.24, 2.45) is 5.73 Å². The van der Waals surface area contributed by atoms with Gasteiger partial charge >= 0.3 is 0 Å². The van der Waals surface area contributed by atoms with Gasteiger partial charge in [0.25, 0.3) is 0 Å². The van der Waals surface area contributed by atoms with Gasteiger partial charge in [-0.05, 0) is 37.5 Å². The Hall–Kier alpha value is -1.60. The summed E-state index contributed by atoms with van der Waals surface area (Å²) < 4.78 is 26.4. The van der Waals surface area contributed by atoms with E-state index in [1.165, 1.54) is 6.07 Å². The molecule has 0 aromatic heterocycles. The summed E-state index contributed by atoms with van der Waals surface area (Å²) in [4.78, 5) is 10.6. The van der Waals surface area contributed by atoms with Gasteiger partial charge in [-0.15, -0.1) is 0 Å². The molecule has 0 atom stereocenters. The van der Waals surface area contributed by atoms with Crippen molar-refractivity contribution in [2.45, 2.75) is 31.1 Å². The molecule has 1 rings (SSSR count). The van der Waals surface area contributed by atoms with Gasteiger partial charge in [-0.2, -0.15) is 0 Å². The molecule has 5 N–H and O–H groups in total. The quantitative estimate of drug-likeness (QED) is 0.500. The van der Waals surface area contributed by atoms with Gasteiger partial charge in [0, 0.05) is 13.0 Å². The molecule has 0 saturated heterocycles. The Morgan fingerprint density at radius 2 is 2.00 bits per heavy atom. The molecule has 1 aromatic carbocycles. The second kappa shape index (κ2) is 6.53. The summed E-state index contributed by atoms with van der Waals surface area (Å²) in [7, 11) is -3.60. The van der Waals surface area contributed by atoms with E-state index in [4.69, 9.17) is 11.5 Å². The number of benzene rings is 1. The van der Waals surface area contributed by atoms with E-state index in [0.29, 0.717) is 12.8 Å². The minimum absolute atomic E-state index is 0.0769. The number of hydrogen-bond donors (Lipinski definition) is 3. The highest BCUT2D eigenvalue weighted by Crippen LogP contribution is 2.19. The average molecular weight is 285 g/mol. The SMILES string of the molecule is Cc1ccc(S(=O)(=O)NCCCCC(N)=O)c(N)c1. The topological polar surface area (TPSA) is 115 Å². The largest absolute Gasteiger partial charge is 0.398 e. The number of rotatable bonds is 7. The van der Waals surface area contributed by atoms with Crippen molar-refractivity contribution in [2.75, 3.05) is 12.3 Å². The van der Waals surface area contributed by atoms with E-state index in [1.807, 2.05) is 6.92 Å². The number of sulfonamides is 1. The number of carbonyl (C=O) groups is 1. The van der Waals surface area contributed by atoms with Gasteiger partial charge in [0.15, 0.2) is 0 Å². The first-order valence-corrected chi connectivity index (χ1v) is 7.45. The molecule has 0 aliphatic heterocycles. The maximum Gasteiger partial charge on any atom is 0.242 e. The predicted octanol–water partition coefficient (Wildman–Crippen LogP) is 0.511. The highest BCUT2D eigenvalue weighted by Gasteiger charge is 2.16. The zero-order valence-electron chi connectivity index (χ0n) is 10.8. The van der Waals surface area contributed by atoms with Crippen LogP contribution < -0.4 is 16.2 Å². The van der Waals surface area contributed by atoms with Gasteiger partial charge in [0.05, 0.1) is 5.69 Å². The van der Waals surface area contributed by atoms with Crippen LogP contribution in [0.2, 0.25) is 0 Å². The number of primary amides is 1. The molecule has 106 valence electrons. The number of nitrogens with two attached hydrogens (primary N) is 2. The predicted molar refractivity (Wildman–Crippen MR) is 73.8 cm³/mol. The van der Waals surface area contributed by atoms with Crippen LogP contribution in [0.1, 0.15) is 24.8 Å². The van der Waals surface area contributed by atoms with Gasteiger partial charge in [-0.1, -0.05) is 6.07 Å². The van der Waals surface area contributed by atoms with Crippen LogP contribution in [-0.4, -0.2) is 20.9 Å². The molecule has 0 aliphatic carbocycles. The molecule has 0 bridgehead atoms. The average Bonchev–Trinajstić information content (AvgIpc) is 2.27. The van der Waals surface area contributed by atoms with E-state index in [-0.39, 0.29) is 29.5 Å². The van der Waals surface area contributed by atoms with Crippen molar-refractivity contribution < 1.29 is 13.2 Å². The van der Waals surface area contributed by atoms with Gasteiger partial charge in [-0.25, -0.2) is 13.1 Å². The van der Waals surface area contributed by atoms with Gasteiger partial charge in [0.2, 0.25) is 15.9 Å². The molecular formula is C12H19N3O3S. The molecule has 0 radical (unpaired) electrons. The molecule has 7 heteroatoms. The summed E-state index contributed by atoms with van der Waals surface area (Å²) >= 11 is 0. The smallest absolute Gasteiger partial charge is 0.242 e. The third-order valence-electron chi connectivity index (χ3n) is 2.60. The zero-order chi connectivity index (χ0) is 14.5. The number of anilines is 1. The molecule has 0 heterocycles. The Kier molecular flexibility index (Phi) is 5.31. The lowest BCUT2D eigenvalue weighted by Crippen LogP contribution is -2.26. The third kappa shape index (κ3) is 4.88. The van der Waals surface area contributed by atoms with Crippen LogP contribution in [0, 0.1) is 6.92 Å². The number of nitrogen functional groups attached to an aromatic ring is 1. The fourth-order valence-electron chi connectivity index (χ4n) is 1.62. The number of nitrogens with one attached hydrogen (secondary N) is 1. The highest BCUT2D eigenvalue weighted by molar-refractivity contribution is 7.89. The first-order valence-electron chi connectivity index (χ1n) is 5.97. The van der Waals surface area contributed by atoms with Crippen LogP contribution >= 0.6 is 0 Å². The minimum Gasteiger partial charge on any atom is -0.398 e. The van der Waals surface area contributed by atoms with Crippen molar-refractivity contribution in [3.63, 3.8) is 0 Å². The summed E-state index contributed by atoms with van der Waals surface area (Å²) in [5.41, 5.74) is 11.8. The van der Waals surface area contributed by atoms with Crippen LogP contribution in [0.5, 0.6) is 0 Å². The lowest BCUT2D eigenvalue weighted by molar-refractivity contribution is -0.118. The van der Waals surface area contributed by atoms with Crippen molar-refractivity contribution in [1.29, 1.82) is 0 Å².